The van der Waals surface area contributed by atoms with Crippen LogP contribution in [0.5, 0.6) is 0 Å². The molecule has 18 heavy (non-hydrogen) atoms. The van der Waals surface area contributed by atoms with Gasteiger partial charge >= 0.3 is 0 Å². The van der Waals surface area contributed by atoms with Crippen molar-refractivity contribution in [3.8, 4) is 0 Å². The van der Waals surface area contributed by atoms with Crippen LogP contribution in [-0.4, -0.2) is 16.5 Å². The lowest BCUT2D eigenvalue weighted by molar-refractivity contribution is 1.12. The Balaban J connectivity index is 2.26. The first-order chi connectivity index (χ1) is 8.70. The zero-order chi connectivity index (χ0) is 13.0. The number of nitrogens with one attached hydrogen (secondary N) is 2. The Morgan fingerprint density at radius 3 is 2.44 bits per heavy atom. The van der Waals surface area contributed by atoms with E-state index in [1.54, 1.807) is 12.4 Å². The molecule has 0 fully saturated rings. The van der Waals surface area contributed by atoms with Crippen LogP contribution in [0.4, 0.5) is 17.3 Å². The average molecular weight is 372 g/mol. The number of halogens is 2. The molecule has 1 aromatic heterocycles. The maximum atomic E-state index is 4.41. The Kier molecular flexibility index (Phi) is 4.54. The van der Waals surface area contributed by atoms with Crippen LogP contribution in [0.25, 0.3) is 0 Å². The van der Waals surface area contributed by atoms with Crippen LogP contribution in [0.2, 0.25) is 0 Å². The third-order valence-corrected chi connectivity index (χ3v) is 3.53. The smallest absolute Gasteiger partial charge is 0.151 e. The molecule has 2 rings (SSSR count). The van der Waals surface area contributed by atoms with Gasteiger partial charge in [0.05, 0.1) is 18.1 Å². The van der Waals surface area contributed by atoms with Crippen molar-refractivity contribution in [2.45, 2.75) is 6.92 Å². The molecule has 0 saturated heterocycles. The number of benzene rings is 1. The minimum absolute atomic E-state index is 0.695. The summed E-state index contributed by atoms with van der Waals surface area (Å²) in [4.78, 5) is 8.55. The van der Waals surface area contributed by atoms with Gasteiger partial charge < -0.3 is 10.6 Å². The third kappa shape index (κ3) is 3.20. The van der Waals surface area contributed by atoms with Crippen LogP contribution in [0.15, 0.2) is 39.5 Å². The number of para-hydroxylation sites is 1. The van der Waals surface area contributed by atoms with E-state index >= 15 is 0 Å². The highest BCUT2D eigenvalue weighted by Gasteiger charge is 2.06. The summed E-state index contributed by atoms with van der Waals surface area (Å²) in [6.45, 7) is 2.84. The van der Waals surface area contributed by atoms with Gasteiger partial charge in [0.1, 0.15) is 5.82 Å². The molecule has 2 N–H and O–H groups in total. The van der Waals surface area contributed by atoms with Crippen LogP contribution in [-0.2, 0) is 0 Å². The second-order valence-electron chi connectivity index (χ2n) is 3.54. The molecule has 0 aliphatic carbocycles. The maximum absolute atomic E-state index is 4.41. The first-order valence-corrected chi connectivity index (χ1v) is 7.06. The Morgan fingerprint density at radius 2 is 1.78 bits per heavy atom. The molecule has 2 aromatic rings. The second-order valence-corrected chi connectivity index (χ2v) is 5.25. The largest absolute Gasteiger partial charge is 0.369 e. The zero-order valence-electron chi connectivity index (χ0n) is 9.74. The SMILES string of the molecule is CCNc1cncc(Nc2c(Br)cccc2Br)n1. The molecule has 0 unspecified atom stereocenters. The normalized spacial score (nSPS) is 10.2. The Morgan fingerprint density at radius 1 is 1.11 bits per heavy atom. The summed E-state index contributed by atoms with van der Waals surface area (Å²) < 4.78 is 1.93. The van der Waals surface area contributed by atoms with Gasteiger partial charge in [-0.2, -0.15) is 0 Å². The van der Waals surface area contributed by atoms with Gasteiger partial charge in [0.15, 0.2) is 5.82 Å². The highest BCUT2D eigenvalue weighted by Crippen LogP contribution is 2.32. The van der Waals surface area contributed by atoms with Gasteiger partial charge in [-0.3, -0.25) is 4.98 Å². The minimum atomic E-state index is 0.695. The number of aromatic nitrogens is 2. The van der Waals surface area contributed by atoms with E-state index in [2.05, 4.69) is 52.5 Å². The van der Waals surface area contributed by atoms with Gasteiger partial charge in [0.2, 0.25) is 0 Å². The lowest BCUT2D eigenvalue weighted by Crippen LogP contribution is -2.02. The molecule has 0 aliphatic heterocycles. The van der Waals surface area contributed by atoms with Crippen LogP contribution in [0, 0.1) is 0 Å². The van der Waals surface area contributed by atoms with E-state index < -0.39 is 0 Å². The van der Waals surface area contributed by atoms with Crippen LogP contribution >= 0.6 is 31.9 Å². The molecule has 0 spiro atoms. The lowest BCUT2D eigenvalue weighted by atomic mass is 10.3. The Labute approximate surface area is 122 Å². The van der Waals surface area contributed by atoms with Gasteiger partial charge in [0, 0.05) is 15.5 Å². The highest BCUT2D eigenvalue weighted by molar-refractivity contribution is 9.11. The van der Waals surface area contributed by atoms with Crippen molar-refractivity contribution in [1.29, 1.82) is 0 Å². The van der Waals surface area contributed by atoms with Crippen molar-refractivity contribution in [2.75, 3.05) is 17.2 Å². The average Bonchev–Trinajstić information content (AvgIpc) is 2.35. The van der Waals surface area contributed by atoms with E-state index in [1.165, 1.54) is 0 Å². The molecule has 0 aliphatic rings. The molecular weight excluding hydrogens is 360 g/mol. The molecule has 0 radical (unpaired) electrons. The monoisotopic (exact) mass is 370 g/mol. The Hall–Kier alpha value is -1.14. The summed E-state index contributed by atoms with van der Waals surface area (Å²) in [5.74, 6) is 1.45. The number of rotatable bonds is 4. The van der Waals surface area contributed by atoms with Crippen molar-refractivity contribution in [3.05, 3.63) is 39.5 Å². The summed E-state index contributed by atoms with van der Waals surface area (Å²) in [7, 11) is 0. The van der Waals surface area contributed by atoms with Crippen molar-refractivity contribution >= 4 is 49.2 Å². The van der Waals surface area contributed by atoms with E-state index in [9.17, 15) is 0 Å². The molecule has 6 heteroatoms. The molecule has 0 bridgehead atoms. The van der Waals surface area contributed by atoms with E-state index in [0.29, 0.717) is 5.82 Å². The number of hydrogen-bond acceptors (Lipinski definition) is 4. The Bertz CT molecular complexity index is 525. The minimum Gasteiger partial charge on any atom is -0.369 e. The first-order valence-electron chi connectivity index (χ1n) is 5.47. The van der Waals surface area contributed by atoms with E-state index in [1.807, 2.05) is 25.1 Å². The summed E-state index contributed by atoms with van der Waals surface area (Å²) in [6, 6.07) is 5.89. The van der Waals surface area contributed by atoms with E-state index in [-0.39, 0.29) is 0 Å². The summed E-state index contributed by atoms with van der Waals surface area (Å²) >= 11 is 7.00. The van der Waals surface area contributed by atoms with Crippen LogP contribution < -0.4 is 10.6 Å². The number of hydrogen-bond donors (Lipinski definition) is 2. The molecule has 4 nitrogen and oxygen atoms in total. The molecular formula is C12H12Br2N4. The summed E-state index contributed by atoms with van der Waals surface area (Å²) in [5, 5.41) is 6.36. The predicted octanol–water partition coefficient (Wildman–Crippen LogP) is 4.18. The number of anilines is 3. The fraction of sp³-hybridized carbons (Fsp3) is 0.167. The van der Waals surface area contributed by atoms with Gasteiger partial charge in [-0.05, 0) is 50.9 Å². The molecule has 0 saturated carbocycles. The van der Waals surface area contributed by atoms with Crippen molar-refractivity contribution in [3.63, 3.8) is 0 Å². The van der Waals surface area contributed by atoms with E-state index in [4.69, 9.17) is 0 Å². The number of nitrogens with zero attached hydrogens (tertiary/aromatic N) is 2. The van der Waals surface area contributed by atoms with Gasteiger partial charge in [-0.25, -0.2) is 4.98 Å². The van der Waals surface area contributed by atoms with Crippen molar-refractivity contribution < 1.29 is 0 Å². The van der Waals surface area contributed by atoms with Crippen LogP contribution in [0.1, 0.15) is 6.92 Å². The molecule has 1 heterocycles. The lowest BCUT2D eigenvalue weighted by Gasteiger charge is -2.10. The fourth-order valence-electron chi connectivity index (χ4n) is 1.44. The molecule has 0 atom stereocenters. The second kappa shape index (κ2) is 6.15. The predicted molar refractivity (Wildman–Crippen MR) is 81.3 cm³/mol. The van der Waals surface area contributed by atoms with Gasteiger partial charge in [0.25, 0.3) is 0 Å². The highest BCUT2D eigenvalue weighted by atomic mass is 79.9. The van der Waals surface area contributed by atoms with Crippen molar-refractivity contribution in [2.24, 2.45) is 0 Å². The quantitative estimate of drug-likeness (QED) is 0.846. The van der Waals surface area contributed by atoms with Gasteiger partial charge in [-0.15, -0.1) is 0 Å². The standard InChI is InChI=1S/C12H12Br2N4/c1-2-16-10-6-15-7-11(17-10)18-12-8(13)4-3-5-9(12)14/h3-7H,2H2,1H3,(H2,16,17,18). The zero-order valence-corrected chi connectivity index (χ0v) is 12.9. The van der Waals surface area contributed by atoms with Gasteiger partial charge in [-0.1, -0.05) is 6.07 Å². The van der Waals surface area contributed by atoms with Crippen molar-refractivity contribution in [1.82, 2.24) is 9.97 Å². The summed E-state index contributed by atoms with van der Waals surface area (Å²) in [6.07, 6.45) is 3.39. The first kappa shape index (κ1) is 13.3. The molecule has 94 valence electrons. The molecule has 1 aromatic carbocycles. The maximum Gasteiger partial charge on any atom is 0.151 e. The third-order valence-electron chi connectivity index (χ3n) is 2.21. The fourth-order valence-corrected chi connectivity index (χ4v) is 2.63. The topological polar surface area (TPSA) is 49.8 Å². The van der Waals surface area contributed by atoms with Crippen LogP contribution in [0.3, 0.4) is 0 Å². The summed E-state index contributed by atoms with van der Waals surface area (Å²) in [5.41, 5.74) is 0.931. The molecule has 0 amide bonds. The van der Waals surface area contributed by atoms with E-state index in [0.717, 1.165) is 27.0 Å².